The van der Waals surface area contributed by atoms with Gasteiger partial charge in [0.15, 0.2) is 5.78 Å². The van der Waals surface area contributed by atoms with Crippen LogP contribution >= 0.6 is 0 Å². The molecule has 0 aliphatic heterocycles. The zero-order valence-corrected chi connectivity index (χ0v) is 19.1. The van der Waals surface area contributed by atoms with Crippen molar-refractivity contribution in [2.75, 3.05) is 59.5 Å². The van der Waals surface area contributed by atoms with E-state index < -0.39 is 5.60 Å². The molecule has 0 heterocycles. The summed E-state index contributed by atoms with van der Waals surface area (Å²) < 4.78 is 32.3. The van der Waals surface area contributed by atoms with Crippen LogP contribution in [0.25, 0.3) is 0 Å². The Balaban J connectivity index is 1.84. The average Bonchev–Trinajstić information content (AvgIpc) is 2.69. The van der Waals surface area contributed by atoms with Crippen molar-refractivity contribution in [3.8, 4) is 5.75 Å². The van der Waals surface area contributed by atoms with Crippen LogP contribution < -0.4 is 4.74 Å². The van der Waals surface area contributed by atoms with Gasteiger partial charge in [0.05, 0.1) is 59.3 Å². The summed E-state index contributed by atoms with van der Waals surface area (Å²) in [6, 6.07) is 7.07. The monoisotopic (exact) mass is 440 g/mol. The van der Waals surface area contributed by atoms with E-state index in [4.69, 9.17) is 28.4 Å². The molecule has 0 saturated heterocycles. The Hall–Kier alpha value is -2.00. The molecule has 0 bridgehead atoms. The number of ether oxygens (including phenoxy) is 6. The summed E-state index contributed by atoms with van der Waals surface area (Å²) >= 11 is 0. The number of rotatable bonds is 17. The smallest absolute Gasteiger partial charge is 0.308 e. The van der Waals surface area contributed by atoms with Crippen LogP contribution in [0.3, 0.4) is 0 Å². The van der Waals surface area contributed by atoms with Crippen LogP contribution in [0.5, 0.6) is 5.75 Å². The zero-order chi connectivity index (χ0) is 23.0. The maximum atomic E-state index is 11.5. The van der Waals surface area contributed by atoms with Gasteiger partial charge in [-0.15, -0.1) is 0 Å². The lowest BCUT2D eigenvalue weighted by Gasteiger charge is -2.19. The van der Waals surface area contributed by atoms with Crippen LogP contribution in [-0.2, 0) is 28.5 Å². The van der Waals surface area contributed by atoms with Crippen molar-refractivity contribution in [1.29, 1.82) is 0 Å². The molecule has 0 N–H and O–H groups in total. The summed E-state index contributed by atoms with van der Waals surface area (Å²) in [5.74, 6) is 0.393. The maximum absolute atomic E-state index is 11.5. The topological polar surface area (TPSA) is 89.5 Å². The van der Waals surface area contributed by atoms with Gasteiger partial charge in [-0.25, -0.2) is 0 Å². The lowest BCUT2D eigenvalue weighted by atomic mass is 10.1. The molecule has 8 nitrogen and oxygen atoms in total. The molecule has 0 radical (unpaired) electrons. The van der Waals surface area contributed by atoms with E-state index in [0.29, 0.717) is 70.8 Å². The molecular formula is C23H36O8. The van der Waals surface area contributed by atoms with E-state index in [2.05, 4.69) is 0 Å². The second-order valence-corrected chi connectivity index (χ2v) is 7.72. The molecule has 0 saturated carbocycles. The third-order valence-corrected chi connectivity index (χ3v) is 3.72. The SMILES string of the molecule is CC(=O)c1cccc(OCCOCCOCCOCCOCCC(=O)OC(C)(C)C)c1. The number of hydrogen-bond donors (Lipinski definition) is 0. The number of ketones is 1. The van der Waals surface area contributed by atoms with Crippen molar-refractivity contribution in [3.05, 3.63) is 29.8 Å². The van der Waals surface area contributed by atoms with E-state index in [9.17, 15) is 9.59 Å². The van der Waals surface area contributed by atoms with Crippen LogP contribution in [0.4, 0.5) is 0 Å². The molecule has 0 atom stereocenters. The fourth-order valence-corrected chi connectivity index (χ4v) is 2.33. The van der Waals surface area contributed by atoms with Gasteiger partial charge in [-0.3, -0.25) is 9.59 Å². The van der Waals surface area contributed by atoms with Gasteiger partial charge in [0.2, 0.25) is 0 Å². The van der Waals surface area contributed by atoms with Gasteiger partial charge in [0.25, 0.3) is 0 Å². The minimum atomic E-state index is -0.470. The number of hydrogen-bond acceptors (Lipinski definition) is 8. The van der Waals surface area contributed by atoms with E-state index >= 15 is 0 Å². The first-order valence-corrected chi connectivity index (χ1v) is 10.5. The molecular weight excluding hydrogens is 404 g/mol. The molecule has 0 fully saturated rings. The summed E-state index contributed by atoms with van der Waals surface area (Å²) in [7, 11) is 0. The van der Waals surface area contributed by atoms with Gasteiger partial charge in [0, 0.05) is 5.56 Å². The number of benzene rings is 1. The molecule has 0 aliphatic carbocycles. The quantitative estimate of drug-likeness (QED) is 0.207. The molecule has 0 unspecified atom stereocenters. The standard InChI is InChI=1S/C23H36O8/c1-19(24)20-6-5-7-21(18-20)30-17-16-29-15-14-28-13-12-27-11-10-26-9-8-22(25)31-23(2,3)4/h5-7,18H,8-17H2,1-4H3. The number of Topliss-reactive ketones (excluding diaryl/α,β-unsaturated/α-hetero) is 1. The van der Waals surface area contributed by atoms with Gasteiger partial charge in [-0.05, 0) is 39.8 Å². The predicted molar refractivity (Wildman–Crippen MR) is 116 cm³/mol. The first kappa shape index (κ1) is 27.0. The summed E-state index contributed by atoms with van der Waals surface area (Å²) in [4.78, 5) is 22.8. The maximum Gasteiger partial charge on any atom is 0.308 e. The fraction of sp³-hybridized carbons (Fsp3) is 0.652. The third-order valence-electron chi connectivity index (χ3n) is 3.72. The number of esters is 1. The van der Waals surface area contributed by atoms with Crippen molar-refractivity contribution >= 4 is 11.8 Å². The van der Waals surface area contributed by atoms with E-state index in [-0.39, 0.29) is 18.2 Å². The third kappa shape index (κ3) is 15.5. The largest absolute Gasteiger partial charge is 0.491 e. The summed E-state index contributed by atoms with van der Waals surface area (Å²) in [5.41, 5.74) is 0.157. The van der Waals surface area contributed by atoms with Crippen molar-refractivity contribution in [2.24, 2.45) is 0 Å². The Morgan fingerprint density at radius 2 is 1.29 bits per heavy atom. The van der Waals surface area contributed by atoms with Crippen molar-refractivity contribution in [3.63, 3.8) is 0 Å². The molecule has 0 amide bonds. The molecule has 1 aromatic carbocycles. The summed E-state index contributed by atoms with van der Waals surface area (Å²) in [5, 5.41) is 0. The van der Waals surface area contributed by atoms with Crippen LogP contribution in [0.2, 0.25) is 0 Å². The van der Waals surface area contributed by atoms with Crippen molar-refractivity contribution in [2.45, 2.75) is 39.7 Å². The molecule has 0 spiro atoms. The Morgan fingerprint density at radius 1 is 0.774 bits per heavy atom. The molecule has 31 heavy (non-hydrogen) atoms. The molecule has 0 aliphatic rings. The molecule has 0 aromatic heterocycles. The fourth-order valence-electron chi connectivity index (χ4n) is 2.33. The molecule has 1 rings (SSSR count). The highest BCUT2D eigenvalue weighted by Gasteiger charge is 2.15. The Bertz CT molecular complexity index is 639. The first-order valence-electron chi connectivity index (χ1n) is 10.5. The van der Waals surface area contributed by atoms with Crippen LogP contribution in [-0.4, -0.2) is 76.8 Å². The van der Waals surface area contributed by atoms with Crippen LogP contribution in [0, 0.1) is 0 Å². The highest BCUT2D eigenvalue weighted by atomic mass is 16.6. The van der Waals surface area contributed by atoms with Crippen molar-refractivity contribution in [1.82, 2.24) is 0 Å². The van der Waals surface area contributed by atoms with Crippen LogP contribution in [0.15, 0.2) is 24.3 Å². The molecule has 1 aromatic rings. The number of carbonyl (C=O) groups is 2. The van der Waals surface area contributed by atoms with Crippen molar-refractivity contribution < 1.29 is 38.0 Å². The summed E-state index contributed by atoms with van der Waals surface area (Å²) in [6.07, 6.45) is 0.232. The van der Waals surface area contributed by atoms with E-state index in [1.54, 1.807) is 18.2 Å². The van der Waals surface area contributed by atoms with Gasteiger partial charge in [0.1, 0.15) is 18.0 Å². The second-order valence-electron chi connectivity index (χ2n) is 7.72. The van der Waals surface area contributed by atoms with Gasteiger partial charge in [-0.2, -0.15) is 0 Å². The van der Waals surface area contributed by atoms with Gasteiger partial charge in [-0.1, -0.05) is 12.1 Å². The van der Waals surface area contributed by atoms with E-state index in [0.717, 1.165) is 0 Å². The highest BCUT2D eigenvalue weighted by molar-refractivity contribution is 5.94. The average molecular weight is 441 g/mol. The first-order chi connectivity index (χ1) is 14.8. The predicted octanol–water partition coefficient (Wildman–Crippen LogP) is 3.07. The minimum absolute atomic E-state index is 0.00792. The Labute approximate surface area is 185 Å². The second kappa shape index (κ2) is 15.8. The molecule has 176 valence electrons. The lowest BCUT2D eigenvalue weighted by Crippen LogP contribution is -2.24. The Kier molecular flexibility index (Phi) is 13.7. The minimum Gasteiger partial charge on any atom is -0.491 e. The summed E-state index contributed by atoms with van der Waals surface area (Å²) in [6.45, 7) is 10.9. The van der Waals surface area contributed by atoms with Gasteiger partial charge < -0.3 is 28.4 Å². The van der Waals surface area contributed by atoms with E-state index in [1.165, 1.54) is 6.92 Å². The highest BCUT2D eigenvalue weighted by Crippen LogP contribution is 2.13. The lowest BCUT2D eigenvalue weighted by molar-refractivity contribution is -0.156. The zero-order valence-electron chi connectivity index (χ0n) is 19.1. The van der Waals surface area contributed by atoms with Gasteiger partial charge >= 0.3 is 5.97 Å². The van der Waals surface area contributed by atoms with Crippen LogP contribution in [0.1, 0.15) is 44.5 Å². The number of carbonyl (C=O) groups excluding carboxylic acids is 2. The molecule has 8 heteroatoms. The normalized spacial score (nSPS) is 11.4. The Morgan fingerprint density at radius 3 is 1.81 bits per heavy atom. The van der Waals surface area contributed by atoms with E-state index in [1.807, 2.05) is 26.8 Å².